The number of carbonyl (C=O) groups is 1. The van der Waals surface area contributed by atoms with Crippen LogP contribution in [-0.2, 0) is 26.1 Å². The van der Waals surface area contributed by atoms with Crippen LogP contribution in [0.5, 0.6) is 0 Å². The molecular weight excluding hydrogens is 422 g/mol. The molecular formula is C21H23N3O6S. The lowest BCUT2D eigenvalue weighted by molar-refractivity contribution is -0.118. The summed E-state index contributed by atoms with van der Waals surface area (Å²) in [4.78, 5) is 26.7. The van der Waals surface area contributed by atoms with Crippen LogP contribution in [0.25, 0.3) is 11.1 Å². The van der Waals surface area contributed by atoms with Gasteiger partial charge in [0, 0.05) is 31.9 Å². The van der Waals surface area contributed by atoms with Gasteiger partial charge >= 0.3 is 5.76 Å². The van der Waals surface area contributed by atoms with Crippen LogP contribution in [0.4, 0.5) is 5.69 Å². The molecule has 1 aliphatic heterocycles. The number of sulfonamides is 1. The second kappa shape index (κ2) is 8.29. The van der Waals surface area contributed by atoms with E-state index in [2.05, 4.69) is 0 Å². The number of anilines is 1. The predicted octanol–water partition coefficient (Wildman–Crippen LogP) is 1.59. The minimum absolute atomic E-state index is 0.0333. The first-order valence-corrected chi connectivity index (χ1v) is 11.3. The summed E-state index contributed by atoms with van der Waals surface area (Å²) in [5.41, 5.74) is 2.20. The predicted molar refractivity (Wildman–Crippen MR) is 115 cm³/mol. The van der Waals surface area contributed by atoms with E-state index >= 15 is 0 Å². The molecule has 1 aromatic heterocycles. The molecule has 0 radical (unpaired) electrons. The van der Waals surface area contributed by atoms with Gasteiger partial charge in [-0.15, -0.1) is 0 Å². The van der Waals surface area contributed by atoms with Crippen molar-refractivity contribution in [3.8, 4) is 0 Å². The van der Waals surface area contributed by atoms with Crippen molar-refractivity contribution in [2.24, 2.45) is 0 Å². The number of rotatable bonds is 5. The fraction of sp³-hybridized carbons (Fsp3) is 0.333. The van der Waals surface area contributed by atoms with Crippen LogP contribution in [0.15, 0.2) is 56.6 Å². The summed E-state index contributed by atoms with van der Waals surface area (Å²) in [5.74, 6) is -1.03. The Bertz CT molecular complexity index is 1290. The normalized spacial score (nSPS) is 15.3. The maximum Gasteiger partial charge on any atom is 0.420 e. The zero-order valence-corrected chi connectivity index (χ0v) is 18.1. The van der Waals surface area contributed by atoms with Crippen molar-refractivity contribution in [3.63, 3.8) is 0 Å². The Hall–Kier alpha value is -2.95. The average molecular weight is 445 g/mol. The summed E-state index contributed by atoms with van der Waals surface area (Å²) in [6.45, 7) is 2.91. The summed E-state index contributed by atoms with van der Waals surface area (Å²) in [6, 6.07) is 11.7. The Labute approximate surface area is 179 Å². The molecule has 1 aliphatic rings. The Morgan fingerprint density at radius 2 is 1.87 bits per heavy atom. The number of nitrogens with zero attached hydrogens (tertiary/aromatic N) is 3. The topological polar surface area (TPSA) is 102 Å². The van der Waals surface area contributed by atoms with E-state index in [1.807, 2.05) is 31.2 Å². The van der Waals surface area contributed by atoms with Gasteiger partial charge in [0.25, 0.3) is 0 Å². The van der Waals surface area contributed by atoms with E-state index in [9.17, 15) is 18.0 Å². The molecule has 1 amide bonds. The monoisotopic (exact) mass is 445 g/mol. The van der Waals surface area contributed by atoms with Crippen molar-refractivity contribution in [1.29, 1.82) is 0 Å². The van der Waals surface area contributed by atoms with Crippen LogP contribution in [0, 0.1) is 6.92 Å². The second-order valence-corrected chi connectivity index (χ2v) is 9.33. The third-order valence-electron chi connectivity index (χ3n) is 5.30. The zero-order chi connectivity index (χ0) is 22.2. The minimum Gasteiger partial charge on any atom is -0.408 e. The van der Waals surface area contributed by atoms with Crippen LogP contribution in [-0.4, -0.2) is 56.5 Å². The lowest BCUT2D eigenvalue weighted by Crippen LogP contribution is -2.40. The van der Waals surface area contributed by atoms with E-state index in [0.717, 1.165) is 5.56 Å². The molecule has 0 atom stereocenters. The lowest BCUT2D eigenvalue weighted by Gasteiger charge is -2.25. The van der Waals surface area contributed by atoms with E-state index in [1.54, 1.807) is 7.05 Å². The summed E-state index contributed by atoms with van der Waals surface area (Å²) in [7, 11) is -2.09. The molecule has 10 heteroatoms. The van der Waals surface area contributed by atoms with Crippen molar-refractivity contribution in [3.05, 3.63) is 58.6 Å². The van der Waals surface area contributed by atoms with Crippen LogP contribution >= 0.6 is 0 Å². The highest BCUT2D eigenvalue weighted by Crippen LogP contribution is 2.23. The third-order valence-corrected chi connectivity index (χ3v) is 7.20. The fourth-order valence-electron chi connectivity index (χ4n) is 3.51. The first-order chi connectivity index (χ1) is 14.8. The molecule has 9 nitrogen and oxygen atoms in total. The van der Waals surface area contributed by atoms with E-state index in [0.29, 0.717) is 24.4 Å². The van der Waals surface area contributed by atoms with Gasteiger partial charge in [0.1, 0.15) is 6.54 Å². The zero-order valence-electron chi connectivity index (χ0n) is 17.3. The number of ether oxygens (including phenoxy) is 1. The molecule has 1 saturated heterocycles. The van der Waals surface area contributed by atoms with E-state index in [-0.39, 0.29) is 36.0 Å². The molecule has 2 aromatic carbocycles. The van der Waals surface area contributed by atoms with Crippen molar-refractivity contribution in [1.82, 2.24) is 8.87 Å². The van der Waals surface area contributed by atoms with E-state index < -0.39 is 15.8 Å². The first-order valence-electron chi connectivity index (χ1n) is 9.82. The number of morpholine rings is 1. The van der Waals surface area contributed by atoms with Crippen molar-refractivity contribution in [2.75, 3.05) is 38.3 Å². The van der Waals surface area contributed by atoms with Crippen molar-refractivity contribution >= 4 is 32.7 Å². The molecule has 31 heavy (non-hydrogen) atoms. The molecule has 0 spiro atoms. The molecule has 1 fully saturated rings. The van der Waals surface area contributed by atoms with Gasteiger partial charge in [-0.1, -0.05) is 12.1 Å². The molecule has 0 N–H and O–H groups in total. The lowest BCUT2D eigenvalue weighted by atomic mass is 10.2. The molecule has 0 aliphatic carbocycles. The SMILES string of the molecule is Cc1cccc(N(C)C(=O)Cn2c(=O)oc3cc(S(=O)(=O)N4CCOCC4)ccc32)c1. The summed E-state index contributed by atoms with van der Waals surface area (Å²) in [5, 5.41) is 0. The molecule has 0 unspecified atom stereocenters. The Morgan fingerprint density at radius 3 is 2.58 bits per heavy atom. The molecule has 2 heterocycles. The Kier molecular flexibility index (Phi) is 5.69. The molecule has 4 rings (SSSR count). The number of carbonyl (C=O) groups excluding carboxylic acids is 1. The summed E-state index contributed by atoms with van der Waals surface area (Å²) >= 11 is 0. The molecule has 0 saturated carbocycles. The Balaban J connectivity index is 1.62. The number of hydrogen-bond acceptors (Lipinski definition) is 6. The summed E-state index contributed by atoms with van der Waals surface area (Å²) < 4.78 is 38.7. The third kappa shape index (κ3) is 4.14. The smallest absolute Gasteiger partial charge is 0.408 e. The highest BCUT2D eigenvalue weighted by atomic mass is 32.2. The quantitative estimate of drug-likeness (QED) is 0.591. The standard InChI is InChI=1S/C21H23N3O6S/c1-15-4-3-5-16(12-15)22(2)20(25)14-24-18-7-6-17(13-19(18)30-21(24)26)31(27,28)23-8-10-29-11-9-23/h3-7,12-13H,8-11,14H2,1-2H3. The van der Waals surface area contributed by atoms with Gasteiger partial charge in [-0.25, -0.2) is 13.2 Å². The van der Waals surface area contributed by atoms with Gasteiger partial charge in [0.05, 0.1) is 23.6 Å². The van der Waals surface area contributed by atoms with Crippen molar-refractivity contribution in [2.45, 2.75) is 18.4 Å². The maximum absolute atomic E-state index is 12.9. The number of oxazole rings is 1. The average Bonchev–Trinajstić information content (AvgIpc) is 3.08. The van der Waals surface area contributed by atoms with Gasteiger partial charge in [0.15, 0.2) is 5.58 Å². The number of amides is 1. The molecule has 0 bridgehead atoms. The van der Waals surface area contributed by atoms with Crippen molar-refractivity contribution < 1.29 is 22.4 Å². The highest BCUT2D eigenvalue weighted by Gasteiger charge is 2.27. The minimum atomic E-state index is -3.73. The fourth-order valence-corrected chi connectivity index (χ4v) is 4.94. The number of benzene rings is 2. The van der Waals surface area contributed by atoms with Crippen LogP contribution in [0.2, 0.25) is 0 Å². The van der Waals surface area contributed by atoms with Gasteiger partial charge in [-0.3, -0.25) is 9.36 Å². The van der Waals surface area contributed by atoms with Crippen LogP contribution < -0.4 is 10.7 Å². The van der Waals surface area contributed by atoms with Crippen LogP contribution in [0.3, 0.4) is 0 Å². The molecule has 164 valence electrons. The Morgan fingerprint density at radius 1 is 1.13 bits per heavy atom. The number of aromatic nitrogens is 1. The van der Waals surface area contributed by atoms with Gasteiger partial charge in [0.2, 0.25) is 15.9 Å². The summed E-state index contributed by atoms with van der Waals surface area (Å²) in [6.07, 6.45) is 0. The highest BCUT2D eigenvalue weighted by molar-refractivity contribution is 7.89. The molecule has 3 aromatic rings. The maximum atomic E-state index is 12.9. The number of hydrogen-bond donors (Lipinski definition) is 0. The number of aryl methyl sites for hydroxylation is 1. The van der Waals surface area contributed by atoms with Gasteiger partial charge < -0.3 is 14.1 Å². The van der Waals surface area contributed by atoms with Crippen LogP contribution in [0.1, 0.15) is 5.56 Å². The first kappa shape index (κ1) is 21.3. The number of fused-ring (bicyclic) bond motifs is 1. The van der Waals surface area contributed by atoms with Gasteiger partial charge in [-0.2, -0.15) is 4.31 Å². The van der Waals surface area contributed by atoms with E-state index in [4.69, 9.17) is 9.15 Å². The van der Waals surface area contributed by atoms with Gasteiger partial charge in [-0.05, 0) is 36.8 Å². The second-order valence-electron chi connectivity index (χ2n) is 7.39. The number of likely N-dealkylation sites (N-methyl/N-ethyl adjacent to an activating group) is 1. The van der Waals surface area contributed by atoms with E-state index in [1.165, 1.54) is 32.0 Å². The largest absolute Gasteiger partial charge is 0.420 e.